The number of fused-ring (bicyclic) bond motifs is 1. The number of nitrogens with one attached hydrogen (secondary N) is 1. The van der Waals surface area contributed by atoms with Crippen LogP contribution in [-0.2, 0) is 4.74 Å². The Morgan fingerprint density at radius 3 is 2.50 bits per heavy atom. The Labute approximate surface area is 213 Å². The van der Waals surface area contributed by atoms with E-state index in [0.717, 1.165) is 41.8 Å². The van der Waals surface area contributed by atoms with Crippen LogP contribution < -0.4 is 5.32 Å². The first-order valence-electron chi connectivity index (χ1n) is 13.0. The van der Waals surface area contributed by atoms with Crippen LogP contribution in [0.2, 0.25) is 0 Å². The fourth-order valence-electron chi connectivity index (χ4n) is 5.82. The van der Waals surface area contributed by atoms with E-state index < -0.39 is 0 Å². The van der Waals surface area contributed by atoms with Gasteiger partial charge in [0.2, 0.25) is 0 Å². The number of morpholine rings is 1. The van der Waals surface area contributed by atoms with Crippen LogP contribution in [0.4, 0.5) is 0 Å². The van der Waals surface area contributed by atoms with Gasteiger partial charge in [-0.25, -0.2) is 0 Å². The Morgan fingerprint density at radius 2 is 1.83 bits per heavy atom. The molecule has 0 amide bonds. The number of hydrogen-bond acceptors (Lipinski definition) is 5. The molecule has 2 atom stereocenters. The van der Waals surface area contributed by atoms with Gasteiger partial charge in [0, 0.05) is 42.3 Å². The van der Waals surface area contributed by atoms with Crippen LogP contribution in [-0.4, -0.2) is 41.7 Å². The van der Waals surface area contributed by atoms with Crippen LogP contribution >= 0.6 is 0 Å². The van der Waals surface area contributed by atoms with Crippen molar-refractivity contribution in [2.75, 3.05) is 19.6 Å². The molecule has 0 radical (unpaired) electrons. The average Bonchev–Trinajstić information content (AvgIpc) is 3.72. The molecule has 0 spiro atoms. The normalized spacial score (nSPS) is 22.0. The molecule has 0 unspecified atom stereocenters. The summed E-state index contributed by atoms with van der Waals surface area (Å²) in [6, 6.07) is 14.7. The zero-order valence-electron chi connectivity index (χ0n) is 21.2. The number of para-hydroxylation sites is 1. The SMILES string of the molecule is Cc1cc(C#N)ccc1-c1cccc2c(C3CC3)c(C3=CC=C(N4C[C@@H](C)O[C@@H](C)C4)NC3)cnc12. The fourth-order valence-corrected chi connectivity index (χ4v) is 5.82. The number of dihydropyridines is 1. The van der Waals surface area contributed by atoms with Gasteiger partial charge in [0.1, 0.15) is 5.82 Å². The predicted octanol–water partition coefficient (Wildman–Crippen LogP) is 5.90. The summed E-state index contributed by atoms with van der Waals surface area (Å²) >= 11 is 0. The lowest BCUT2D eigenvalue weighted by Gasteiger charge is -2.39. The minimum absolute atomic E-state index is 0.238. The van der Waals surface area contributed by atoms with Crippen molar-refractivity contribution >= 4 is 16.5 Å². The molecule has 2 fully saturated rings. The van der Waals surface area contributed by atoms with E-state index in [2.05, 4.69) is 79.7 Å². The van der Waals surface area contributed by atoms with Crippen LogP contribution in [0.1, 0.15) is 54.9 Å². The van der Waals surface area contributed by atoms with Crippen LogP contribution in [0.15, 0.2) is 60.6 Å². The largest absolute Gasteiger partial charge is 0.372 e. The number of pyridine rings is 1. The van der Waals surface area contributed by atoms with Crippen molar-refractivity contribution in [3.8, 4) is 17.2 Å². The number of rotatable bonds is 4. The first kappa shape index (κ1) is 22.8. The summed E-state index contributed by atoms with van der Waals surface area (Å²) in [6.45, 7) is 8.98. The molecule has 2 aliphatic heterocycles. The third kappa shape index (κ3) is 4.16. The monoisotopic (exact) mass is 476 g/mol. The average molecular weight is 477 g/mol. The van der Waals surface area contributed by atoms with Crippen molar-refractivity contribution in [2.24, 2.45) is 0 Å². The van der Waals surface area contributed by atoms with Gasteiger partial charge in [0.05, 0.1) is 29.4 Å². The summed E-state index contributed by atoms with van der Waals surface area (Å²) in [5, 5.41) is 14.2. The Hall–Kier alpha value is -3.62. The van der Waals surface area contributed by atoms with E-state index in [0.29, 0.717) is 11.5 Å². The molecule has 1 saturated carbocycles. The summed E-state index contributed by atoms with van der Waals surface area (Å²) in [5.41, 5.74) is 9.12. The lowest BCUT2D eigenvalue weighted by atomic mass is 9.90. The highest BCUT2D eigenvalue weighted by Crippen LogP contribution is 2.47. The molecule has 182 valence electrons. The highest BCUT2D eigenvalue weighted by molar-refractivity contribution is 5.98. The number of ether oxygens (including phenoxy) is 1. The third-order valence-electron chi connectivity index (χ3n) is 7.58. The minimum Gasteiger partial charge on any atom is -0.372 e. The second-order valence-electron chi connectivity index (χ2n) is 10.5. The minimum atomic E-state index is 0.238. The highest BCUT2D eigenvalue weighted by atomic mass is 16.5. The summed E-state index contributed by atoms with van der Waals surface area (Å²) in [5.74, 6) is 1.77. The van der Waals surface area contributed by atoms with E-state index in [1.54, 1.807) is 0 Å². The second-order valence-corrected chi connectivity index (χ2v) is 10.5. The van der Waals surface area contributed by atoms with Gasteiger partial charge in [0.25, 0.3) is 0 Å². The van der Waals surface area contributed by atoms with Crippen LogP contribution in [0.5, 0.6) is 0 Å². The fraction of sp³-hybridized carbons (Fsp3) is 0.355. The predicted molar refractivity (Wildman–Crippen MR) is 144 cm³/mol. The molecular weight excluding hydrogens is 444 g/mol. The van der Waals surface area contributed by atoms with Gasteiger partial charge in [0.15, 0.2) is 0 Å². The van der Waals surface area contributed by atoms with Crippen molar-refractivity contribution in [2.45, 2.75) is 51.7 Å². The molecule has 1 N–H and O–H groups in total. The van der Waals surface area contributed by atoms with Gasteiger partial charge in [-0.15, -0.1) is 0 Å². The summed E-state index contributed by atoms with van der Waals surface area (Å²) in [6.07, 6.45) is 9.53. The van der Waals surface area contributed by atoms with Gasteiger partial charge in [-0.2, -0.15) is 5.26 Å². The van der Waals surface area contributed by atoms with Crippen LogP contribution in [0.25, 0.3) is 27.6 Å². The molecule has 5 heteroatoms. The van der Waals surface area contributed by atoms with Gasteiger partial charge in [-0.1, -0.05) is 30.3 Å². The van der Waals surface area contributed by atoms with Crippen molar-refractivity contribution in [1.29, 1.82) is 5.26 Å². The zero-order valence-corrected chi connectivity index (χ0v) is 21.2. The lowest BCUT2D eigenvalue weighted by Crippen LogP contribution is -2.47. The number of allylic oxidation sites excluding steroid dienone is 2. The molecule has 1 aliphatic carbocycles. The Morgan fingerprint density at radius 1 is 1.03 bits per heavy atom. The summed E-state index contributed by atoms with van der Waals surface area (Å²) < 4.78 is 5.91. The van der Waals surface area contributed by atoms with Gasteiger partial charge < -0.3 is 15.0 Å². The van der Waals surface area contributed by atoms with Crippen molar-refractivity contribution in [1.82, 2.24) is 15.2 Å². The molecule has 6 rings (SSSR count). The number of aromatic nitrogens is 1. The Kier molecular flexibility index (Phi) is 5.78. The zero-order chi connectivity index (χ0) is 24.8. The Bertz CT molecular complexity index is 1430. The third-order valence-corrected chi connectivity index (χ3v) is 7.58. The highest BCUT2D eigenvalue weighted by Gasteiger charge is 2.31. The maximum Gasteiger partial charge on any atom is 0.102 e. The van der Waals surface area contributed by atoms with Gasteiger partial charge >= 0.3 is 0 Å². The van der Waals surface area contributed by atoms with E-state index in [1.165, 1.54) is 40.7 Å². The maximum absolute atomic E-state index is 9.28. The van der Waals surface area contributed by atoms with Crippen molar-refractivity contribution in [3.63, 3.8) is 0 Å². The summed E-state index contributed by atoms with van der Waals surface area (Å²) in [4.78, 5) is 7.44. The van der Waals surface area contributed by atoms with Gasteiger partial charge in [-0.3, -0.25) is 4.98 Å². The number of nitriles is 1. The smallest absolute Gasteiger partial charge is 0.102 e. The van der Waals surface area contributed by atoms with E-state index in [9.17, 15) is 5.26 Å². The molecular formula is C31H32N4O. The standard InChI is InChI=1S/C31H32N4O/c1-19-13-22(14-32)7-11-25(19)26-5-4-6-27-30(23-8-9-23)28(16-34-31(26)27)24-10-12-29(33-15-24)35-17-20(2)36-21(3)18-35/h4-7,10-13,16,20-21,23,33H,8-9,15,17-18H2,1-3H3/t20-,21+. The lowest BCUT2D eigenvalue weighted by molar-refractivity contribution is -0.0595. The van der Waals surface area contributed by atoms with E-state index in [4.69, 9.17) is 9.72 Å². The van der Waals surface area contributed by atoms with Crippen molar-refractivity contribution in [3.05, 3.63) is 82.8 Å². The molecule has 5 nitrogen and oxygen atoms in total. The Balaban J connectivity index is 1.40. The summed E-state index contributed by atoms with van der Waals surface area (Å²) in [7, 11) is 0. The quantitative estimate of drug-likeness (QED) is 0.508. The number of aryl methyl sites for hydroxylation is 1. The van der Waals surface area contributed by atoms with Crippen molar-refractivity contribution < 1.29 is 4.74 Å². The molecule has 3 aromatic rings. The molecule has 3 aliphatic rings. The van der Waals surface area contributed by atoms with Crippen LogP contribution in [0.3, 0.4) is 0 Å². The second kappa shape index (κ2) is 9.11. The molecule has 1 saturated heterocycles. The number of benzene rings is 2. The molecule has 0 bridgehead atoms. The molecule has 36 heavy (non-hydrogen) atoms. The molecule has 3 heterocycles. The van der Waals surface area contributed by atoms with Crippen LogP contribution in [0, 0.1) is 18.3 Å². The first-order chi connectivity index (χ1) is 17.5. The topological polar surface area (TPSA) is 61.2 Å². The van der Waals surface area contributed by atoms with E-state index in [-0.39, 0.29) is 12.2 Å². The number of nitrogens with zero attached hydrogens (tertiary/aromatic N) is 3. The molecule has 1 aromatic heterocycles. The maximum atomic E-state index is 9.28. The van der Waals surface area contributed by atoms with Gasteiger partial charge in [-0.05, 0) is 80.0 Å². The van der Waals surface area contributed by atoms with E-state index in [1.807, 2.05) is 12.1 Å². The number of hydrogen-bond donors (Lipinski definition) is 1. The van der Waals surface area contributed by atoms with E-state index >= 15 is 0 Å². The molecule has 2 aromatic carbocycles. The first-order valence-corrected chi connectivity index (χ1v) is 13.0.